The van der Waals surface area contributed by atoms with Gasteiger partial charge in [-0.15, -0.1) is 10.2 Å². The molecule has 2 heterocycles. The summed E-state index contributed by atoms with van der Waals surface area (Å²) in [6, 6.07) is 4.70. The average Bonchev–Trinajstić information content (AvgIpc) is 3.52. The lowest BCUT2D eigenvalue weighted by molar-refractivity contribution is -0.113. The second kappa shape index (κ2) is 10.9. The number of thioether (sulfide) groups is 1. The molecule has 1 N–H and O–H groups in total. The number of carbonyl (C=O) groups excluding carboxylic acids is 1. The van der Waals surface area contributed by atoms with Gasteiger partial charge in [0.05, 0.1) is 12.4 Å². The smallest absolute Gasteiger partial charge is 0.277 e. The number of hydrogen-bond acceptors (Lipinski definition) is 8. The molecule has 1 saturated heterocycles. The van der Waals surface area contributed by atoms with Crippen molar-refractivity contribution in [3.8, 4) is 5.75 Å². The Morgan fingerprint density at radius 1 is 1.18 bits per heavy atom. The van der Waals surface area contributed by atoms with Crippen molar-refractivity contribution in [1.29, 1.82) is 0 Å². The summed E-state index contributed by atoms with van der Waals surface area (Å²) < 4.78 is 39.0. The minimum absolute atomic E-state index is 0.0747. The minimum atomic E-state index is -3.69. The van der Waals surface area contributed by atoms with Crippen molar-refractivity contribution in [3.05, 3.63) is 24.1 Å². The van der Waals surface area contributed by atoms with Crippen LogP contribution in [0.25, 0.3) is 0 Å². The fourth-order valence-corrected chi connectivity index (χ4v) is 6.49. The molecule has 1 aromatic carbocycles. The summed E-state index contributed by atoms with van der Waals surface area (Å²) in [5.41, 5.74) is 0.398. The zero-order valence-electron chi connectivity index (χ0n) is 18.8. The van der Waals surface area contributed by atoms with E-state index in [0.717, 1.165) is 25.7 Å². The van der Waals surface area contributed by atoms with Crippen LogP contribution in [0.1, 0.15) is 63.7 Å². The lowest BCUT2D eigenvalue weighted by Gasteiger charge is -2.19. The summed E-state index contributed by atoms with van der Waals surface area (Å²) in [5, 5.41) is 11.3. The Balaban J connectivity index is 1.40. The molecule has 1 aromatic heterocycles. The van der Waals surface area contributed by atoms with E-state index in [2.05, 4.69) is 15.5 Å². The summed E-state index contributed by atoms with van der Waals surface area (Å²) in [6.45, 7) is 3.14. The van der Waals surface area contributed by atoms with Gasteiger partial charge in [-0.2, -0.15) is 4.31 Å². The molecule has 0 bridgehead atoms. The maximum absolute atomic E-state index is 13.1. The van der Waals surface area contributed by atoms with Crippen LogP contribution in [-0.2, 0) is 14.8 Å². The number of rotatable bonds is 9. The first-order valence-electron chi connectivity index (χ1n) is 11.5. The number of anilines is 1. The molecule has 1 amide bonds. The SMILES string of the molecule is CCOc1ccc(NC(=O)CSc2nnc(C3CCCCC3)o2)cc1S(=O)(=O)N1CCCC1. The van der Waals surface area contributed by atoms with Crippen LogP contribution in [0.2, 0.25) is 0 Å². The Morgan fingerprint density at radius 2 is 1.94 bits per heavy atom. The topological polar surface area (TPSA) is 115 Å². The molecule has 4 rings (SSSR count). The maximum atomic E-state index is 13.1. The van der Waals surface area contributed by atoms with Crippen molar-refractivity contribution in [2.45, 2.75) is 67.9 Å². The van der Waals surface area contributed by atoms with E-state index < -0.39 is 10.0 Å². The average molecular weight is 495 g/mol. The molecule has 1 aliphatic carbocycles. The van der Waals surface area contributed by atoms with Crippen LogP contribution in [-0.4, -0.2) is 54.3 Å². The molecule has 1 saturated carbocycles. The quantitative estimate of drug-likeness (QED) is 0.520. The molecule has 180 valence electrons. The van der Waals surface area contributed by atoms with Crippen LogP contribution >= 0.6 is 11.8 Å². The predicted molar refractivity (Wildman–Crippen MR) is 125 cm³/mol. The second-order valence-electron chi connectivity index (χ2n) is 8.28. The highest BCUT2D eigenvalue weighted by molar-refractivity contribution is 7.99. The number of nitrogens with zero attached hydrogens (tertiary/aromatic N) is 3. The van der Waals surface area contributed by atoms with Crippen molar-refractivity contribution in [3.63, 3.8) is 0 Å². The number of benzene rings is 1. The summed E-state index contributed by atoms with van der Waals surface area (Å²) >= 11 is 1.17. The van der Waals surface area contributed by atoms with Crippen molar-refractivity contribution in [1.82, 2.24) is 14.5 Å². The molecule has 0 unspecified atom stereocenters. The van der Waals surface area contributed by atoms with Crippen LogP contribution in [0.15, 0.2) is 32.7 Å². The Hall–Kier alpha value is -2.11. The summed E-state index contributed by atoms with van der Waals surface area (Å²) in [4.78, 5) is 12.6. The lowest BCUT2D eigenvalue weighted by Crippen LogP contribution is -2.28. The first kappa shape index (κ1) is 24.0. The second-order valence-corrected chi connectivity index (χ2v) is 11.1. The van der Waals surface area contributed by atoms with Crippen LogP contribution in [0.5, 0.6) is 5.75 Å². The molecule has 0 radical (unpaired) electrons. The van der Waals surface area contributed by atoms with Gasteiger partial charge in [-0.05, 0) is 50.8 Å². The van der Waals surface area contributed by atoms with E-state index in [1.807, 2.05) is 0 Å². The highest BCUT2D eigenvalue weighted by Gasteiger charge is 2.30. The summed E-state index contributed by atoms with van der Waals surface area (Å²) in [6.07, 6.45) is 7.41. The summed E-state index contributed by atoms with van der Waals surface area (Å²) in [5.74, 6) is 1.05. The van der Waals surface area contributed by atoms with Crippen LogP contribution in [0.3, 0.4) is 0 Å². The number of nitrogens with one attached hydrogen (secondary N) is 1. The Morgan fingerprint density at radius 3 is 2.67 bits per heavy atom. The molecule has 1 aliphatic heterocycles. The summed E-state index contributed by atoms with van der Waals surface area (Å²) in [7, 11) is -3.69. The maximum Gasteiger partial charge on any atom is 0.277 e. The molecule has 0 spiro atoms. The van der Waals surface area contributed by atoms with Crippen molar-refractivity contribution in [2.24, 2.45) is 0 Å². The number of ether oxygens (including phenoxy) is 1. The fraction of sp³-hybridized carbons (Fsp3) is 0.591. The van der Waals surface area contributed by atoms with E-state index in [1.54, 1.807) is 19.1 Å². The molecule has 2 aliphatic rings. The molecule has 0 atom stereocenters. The standard InChI is InChI=1S/C22H30N4O5S2/c1-2-30-18-11-10-17(14-19(18)33(28,29)26-12-6-7-13-26)23-20(27)15-32-22-25-24-21(31-22)16-8-4-3-5-9-16/h10-11,14,16H,2-9,12-13,15H2,1H3,(H,23,27). The normalized spacial score (nSPS) is 17.8. The van der Waals surface area contributed by atoms with Crippen LogP contribution < -0.4 is 10.1 Å². The van der Waals surface area contributed by atoms with Gasteiger partial charge in [0.2, 0.25) is 21.8 Å². The molecule has 2 aromatic rings. The Bertz CT molecular complexity index is 1060. The number of sulfonamides is 1. The number of aromatic nitrogens is 2. The third-order valence-electron chi connectivity index (χ3n) is 5.91. The van der Waals surface area contributed by atoms with Gasteiger partial charge in [0, 0.05) is 24.7 Å². The zero-order chi connectivity index (χ0) is 23.3. The number of amides is 1. The monoisotopic (exact) mass is 494 g/mol. The van der Waals surface area contributed by atoms with Crippen molar-refractivity contribution >= 4 is 33.4 Å². The van der Waals surface area contributed by atoms with Crippen LogP contribution in [0.4, 0.5) is 5.69 Å². The third kappa shape index (κ3) is 5.88. The lowest BCUT2D eigenvalue weighted by atomic mass is 9.89. The zero-order valence-corrected chi connectivity index (χ0v) is 20.4. The number of carbonyl (C=O) groups is 1. The van der Waals surface area contributed by atoms with Gasteiger partial charge in [-0.3, -0.25) is 4.79 Å². The number of hydrogen-bond donors (Lipinski definition) is 1. The van der Waals surface area contributed by atoms with Gasteiger partial charge in [-0.25, -0.2) is 8.42 Å². The fourth-order valence-electron chi connectivity index (χ4n) is 4.25. The third-order valence-corrected chi connectivity index (χ3v) is 8.65. The Labute approximate surface area is 198 Å². The van der Waals surface area contributed by atoms with Crippen molar-refractivity contribution < 1.29 is 22.4 Å². The highest BCUT2D eigenvalue weighted by atomic mass is 32.2. The van der Waals surface area contributed by atoms with E-state index >= 15 is 0 Å². The van der Waals surface area contributed by atoms with E-state index in [0.29, 0.717) is 42.4 Å². The highest BCUT2D eigenvalue weighted by Crippen LogP contribution is 2.34. The molecule has 33 heavy (non-hydrogen) atoms. The predicted octanol–water partition coefficient (Wildman–Crippen LogP) is 4.03. The van der Waals surface area contributed by atoms with Gasteiger partial charge >= 0.3 is 0 Å². The van der Waals surface area contributed by atoms with Gasteiger partial charge in [0.15, 0.2) is 0 Å². The van der Waals surface area contributed by atoms with E-state index in [4.69, 9.17) is 9.15 Å². The van der Waals surface area contributed by atoms with Gasteiger partial charge in [0.1, 0.15) is 10.6 Å². The van der Waals surface area contributed by atoms with Gasteiger partial charge < -0.3 is 14.5 Å². The van der Waals surface area contributed by atoms with Gasteiger partial charge in [0.25, 0.3) is 5.22 Å². The molecular weight excluding hydrogens is 464 g/mol. The molecule has 9 nitrogen and oxygen atoms in total. The Kier molecular flexibility index (Phi) is 7.92. The van der Waals surface area contributed by atoms with Gasteiger partial charge in [-0.1, -0.05) is 31.0 Å². The molecular formula is C22H30N4O5S2. The first-order chi connectivity index (χ1) is 16.0. The van der Waals surface area contributed by atoms with E-state index in [-0.39, 0.29) is 22.3 Å². The first-order valence-corrected chi connectivity index (χ1v) is 13.9. The minimum Gasteiger partial charge on any atom is -0.492 e. The largest absolute Gasteiger partial charge is 0.492 e. The molecule has 11 heteroatoms. The molecule has 2 fully saturated rings. The van der Waals surface area contributed by atoms with E-state index in [1.165, 1.54) is 41.4 Å². The van der Waals surface area contributed by atoms with Crippen LogP contribution in [0, 0.1) is 0 Å². The van der Waals surface area contributed by atoms with E-state index in [9.17, 15) is 13.2 Å². The van der Waals surface area contributed by atoms with Crippen molar-refractivity contribution in [2.75, 3.05) is 30.8 Å².